The fourth-order valence-electron chi connectivity index (χ4n) is 4.84. The van der Waals surface area contributed by atoms with Gasteiger partial charge in [0.1, 0.15) is 5.54 Å². The van der Waals surface area contributed by atoms with E-state index in [9.17, 15) is 4.79 Å². The highest BCUT2D eigenvalue weighted by molar-refractivity contribution is 7.08. The fraction of sp³-hybridized carbons (Fsp3) is 0.684. The van der Waals surface area contributed by atoms with Crippen LogP contribution in [0.15, 0.2) is 16.8 Å². The van der Waals surface area contributed by atoms with Gasteiger partial charge in [-0.25, -0.2) is 4.68 Å². The molecule has 146 valence electrons. The maximum Gasteiger partial charge on any atom is 0.254 e. The highest BCUT2D eigenvalue weighted by Crippen LogP contribution is 2.40. The van der Waals surface area contributed by atoms with Crippen molar-refractivity contribution >= 4 is 17.2 Å². The Morgan fingerprint density at radius 2 is 2.11 bits per heavy atom. The van der Waals surface area contributed by atoms with Crippen LogP contribution in [-0.4, -0.2) is 62.1 Å². The standard InChI is InChI=1S/C19H28N6OS/c1-3-24(4-2)19(18-20-21-22-25(18)16-7-5-6-8-16)10-11-23(14-19)17(26)15-9-12-27-13-15/h9,12-13,16H,3-8,10-11,14H2,1-2H3. The van der Waals surface area contributed by atoms with Crippen LogP contribution in [0.25, 0.3) is 0 Å². The summed E-state index contributed by atoms with van der Waals surface area (Å²) in [4.78, 5) is 17.4. The molecule has 7 nitrogen and oxygen atoms in total. The molecule has 2 aromatic heterocycles. The second-order valence-corrected chi connectivity index (χ2v) is 8.36. The quantitative estimate of drug-likeness (QED) is 0.761. The molecule has 1 unspecified atom stereocenters. The van der Waals surface area contributed by atoms with E-state index in [2.05, 4.69) is 39.0 Å². The van der Waals surface area contributed by atoms with Gasteiger partial charge >= 0.3 is 0 Å². The molecule has 0 spiro atoms. The molecular weight excluding hydrogens is 360 g/mol. The lowest BCUT2D eigenvalue weighted by Crippen LogP contribution is -2.50. The number of thiophene rings is 1. The predicted molar refractivity (Wildman–Crippen MR) is 105 cm³/mol. The smallest absolute Gasteiger partial charge is 0.254 e. The molecule has 0 aromatic carbocycles. The van der Waals surface area contributed by atoms with Crippen molar-refractivity contribution in [1.82, 2.24) is 30.0 Å². The van der Waals surface area contributed by atoms with Gasteiger partial charge in [0.15, 0.2) is 5.82 Å². The topological polar surface area (TPSA) is 67.2 Å². The Morgan fingerprint density at radius 3 is 2.78 bits per heavy atom. The SMILES string of the molecule is CCN(CC)C1(c2nnnn2C2CCCC2)CCN(C(=O)c2ccsc2)C1. The van der Waals surface area contributed by atoms with Crippen molar-refractivity contribution in [1.29, 1.82) is 0 Å². The summed E-state index contributed by atoms with van der Waals surface area (Å²) in [5.41, 5.74) is 0.479. The highest BCUT2D eigenvalue weighted by atomic mass is 32.1. The van der Waals surface area contributed by atoms with Crippen molar-refractivity contribution < 1.29 is 4.79 Å². The van der Waals surface area contributed by atoms with E-state index in [1.165, 1.54) is 12.8 Å². The third-order valence-corrected chi connectivity index (χ3v) is 6.93. The molecule has 0 bridgehead atoms. The van der Waals surface area contributed by atoms with Crippen molar-refractivity contribution in [3.63, 3.8) is 0 Å². The minimum absolute atomic E-state index is 0.116. The zero-order valence-electron chi connectivity index (χ0n) is 16.2. The van der Waals surface area contributed by atoms with Gasteiger partial charge in [0, 0.05) is 18.5 Å². The summed E-state index contributed by atoms with van der Waals surface area (Å²) in [6.07, 6.45) is 5.64. The van der Waals surface area contributed by atoms with Gasteiger partial charge < -0.3 is 4.90 Å². The highest BCUT2D eigenvalue weighted by Gasteiger charge is 2.49. The van der Waals surface area contributed by atoms with E-state index in [4.69, 9.17) is 0 Å². The maximum atomic E-state index is 13.0. The van der Waals surface area contributed by atoms with E-state index in [1.54, 1.807) is 11.3 Å². The molecule has 1 aliphatic carbocycles. The fourth-order valence-corrected chi connectivity index (χ4v) is 5.47. The second kappa shape index (κ2) is 7.67. The Kier molecular flexibility index (Phi) is 5.27. The van der Waals surface area contributed by atoms with Gasteiger partial charge in [-0.15, -0.1) is 5.10 Å². The third kappa shape index (κ3) is 3.18. The number of rotatable bonds is 6. The molecule has 1 amide bonds. The molecule has 2 fully saturated rings. The number of tetrazole rings is 1. The first-order valence-electron chi connectivity index (χ1n) is 10.0. The Labute approximate surface area is 164 Å². The zero-order valence-corrected chi connectivity index (χ0v) is 17.0. The van der Waals surface area contributed by atoms with Crippen molar-refractivity contribution in [2.45, 2.75) is 57.5 Å². The van der Waals surface area contributed by atoms with Gasteiger partial charge in [0.25, 0.3) is 5.91 Å². The molecular formula is C19H28N6OS. The summed E-state index contributed by atoms with van der Waals surface area (Å²) < 4.78 is 2.07. The number of amides is 1. The van der Waals surface area contributed by atoms with E-state index < -0.39 is 0 Å². The largest absolute Gasteiger partial charge is 0.336 e. The maximum absolute atomic E-state index is 13.0. The lowest BCUT2D eigenvalue weighted by molar-refractivity contribution is 0.0661. The zero-order chi connectivity index (χ0) is 18.9. The van der Waals surface area contributed by atoms with Crippen LogP contribution >= 0.6 is 11.3 Å². The first-order valence-corrected chi connectivity index (χ1v) is 11.0. The number of nitrogens with zero attached hydrogens (tertiary/aromatic N) is 6. The van der Waals surface area contributed by atoms with Crippen LogP contribution in [0.3, 0.4) is 0 Å². The number of hydrogen-bond donors (Lipinski definition) is 0. The number of likely N-dealkylation sites (tertiary alicyclic amines) is 1. The van der Waals surface area contributed by atoms with Crippen molar-refractivity contribution in [3.05, 3.63) is 28.2 Å². The average Bonchev–Trinajstić information content (AvgIpc) is 3.49. The molecule has 0 radical (unpaired) electrons. The Hall–Kier alpha value is -1.80. The number of carbonyl (C=O) groups is 1. The second-order valence-electron chi connectivity index (χ2n) is 7.58. The molecule has 1 saturated heterocycles. The molecule has 4 rings (SSSR count). The molecule has 8 heteroatoms. The summed E-state index contributed by atoms with van der Waals surface area (Å²) in [7, 11) is 0. The molecule has 1 aliphatic heterocycles. The van der Waals surface area contributed by atoms with E-state index in [0.29, 0.717) is 12.6 Å². The molecule has 2 aliphatic rings. The van der Waals surface area contributed by atoms with Gasteiger partial charge in [-0.05, 0) is 54.2 Å². The monoisotopic (exact) mass is 388 g/mol. The van der Waals surface area contributed by atoms with Gasteiger partial charge in [-0.2, -0.15) is 11.3 Å². The summed E-state index contributed by atoms with van der Waals surface area (Å²) >= 11 is 1.56. The lowest BCUT2D eigenvalue weighted by atomic mass is 9.94. The van der Waals surface area contributed by atoms with Crippen LogP contribution in [0.5, 0.6) is 0 Å². The molecule has 2 aromatic rings. The molecule has 3 heterocycles. The van der Waals surface area contributed by atoms with Crippen molar-refractivity contribution in [2.75, 3.05) is 26.2 Å². The van der Waals surface area contributed by atoms with Gasteiger partial charge in [0.2, 0.25) is 0 Å². The minimum atomic E-state index is -0.304. The lowest BCUT2D eigenvalue weighted by Gasteiger charge is -2.39. The van der Waals surface area contributed by atoms with E-state index in [0.717, 1.165) is 50.3 Å². The van der Waals surface area contributed by atoms with Crippen molar-refractivity contribution in [2.24, 2.45) is 0 Å². The van der Waals surface area contributed by atoms with Crippen LogP contribution in [0.2, 0.25) is 0 Å². The van der Waals surface area contributed by atoms with E-state index >= 15 is 0 Å². The Morgan fingerprint density at radius 1 is 1.33 bits per heavy atom. The summed E-state index contributed by atoms with van der Waals surface area (Å²) in [6, 6.07) is 2.30. The molecule has 0 N–H and O–H groups in total. The third-order valence-electron chi connectivity index (χ3n) is 6.25. The van der Waals surface area contributed by atoms with Crippen LogP contribution in [-0.2, 0) is 5.54 Å². The Balaban J connectivity index is 1.68. The van der Waals surface area contributed by atoms with Gasteiger partial charge in [-0.1, -0.05) is 26.7 Å². The minimum Gasteiger partial charge on any atom is -0.336 e. The van der Waals surface area contributed by atoms with Crippen molar-refractivity contribution in [3.8, 4) is 0 Å². The average molecular weight is 389 g/mol. The van der Waals surface area contributed by atoms with Crippen LogP contribution < -0.4 is 0 Å². The van der Waals surface area contributed by atoms with E-state index in [1.807, 2.05) is 21.7 Å². The molecule has 1 saturated carbocycles. The van der Waals surface area contributed by atoms with Gasteiger partial charge in [-0.3, -0.25) is 9.69 Å². The number of hydrogen-bond acceptors (Lipinski definition) is 6. The van der Waals surface area contributed by atoms with Crippen LogP contribution in [0, 0.1) is 0 Å². The van der Waals surface area contributed by atoms with Gasteiger partial charge in [0.05, 0.1) is 11.6 Å². The van der Waals surface area contributed by atoms with Crippen LogP contribution in [0.1, 0.15) is 68.2 Å². The van der Waals surface area contributed by atoms with Crippen LogP contribution in [0.4, 0.5) is 0 Å². The summed E-state index contributed by atoms with van der Waals surface area (Å²) in [6.45, 7) is 7.57. The molecule has 1 atom stereocenters. The molecule has 27 heavy (non-hydrogen) atoms. The summed E-state index contributed by atoms with van der Waals surface area (Å²) in [5.74, 6) is 1.06. The number of likely N-dealkylation sites (N-methyl/N-ethyl adjacent to an activating group) is 1. The normalized spacial score (nSPS) is 23.6. The number of aromatic nitrogens is 4. The number of carbonyl (C=O) groups excluding carboxylic acids is 1. The van der Waals surface area contributed by atoms with E-state index in [-0.39, 0.29) is 11.4 Å². The Bertz CT molecular complexity index is 765. The first-order chi connectivity index (χ1) is 13.2. The summed E-state index contributed by atoms with van der Waals surface area (Å²) in [5, 5.41) is 16.9. The predicted octanol–water partition coefficient (Wildman–Crippen LogP) is 2.93. The first kappa shape index (κ1) is 18.6.